The molecule has 2 aliphatic heterocycles. The van der Waals surface area contributed by atoms with Crippen molar-refractivity contribution in [2.24, 2.45) is 0 Å². The van der Waals surface area contributed by atoms with Crippen molar-refractivity contribution in [2.45, 2.75) is 19.4 Å². The summed E-state index contributed by atoms with van der Waals surface area (Å²) < 4.78 is 5.06. The third-order valence-corrected chi connectivity index (χ3v) is 5.00. The SMILES string of the molecule is C[C@@H]1Cc2ccccc2N1C(=O)COC(=O)CN1C(=O)c2ccccc2C1=O. The molecule has 0 unspecified atom stereocenters. The molecule has 0 saturated heterocycles. The Balaban J connectivity index is 1.37. The van der Waals surface area contributed by atoms with Crippen molar-refractivity contribution in [2.75, 3.05) is 18.1 Å². The molecule has 0 spiro atoms. The predicted octanol–water partition coefficient (Wildman–Crippen LogP) is 1.80. The summed E-state index contributed by atoms with van der Waals surface area (Å²) in [5, 5.41) is 0. The molecule has 0 saturated carbocycles. The van der Waals surface area contributed by atoms with Crippen LogP contribution in [0.1, 0.15) is 33.2 Å². The summed E-state index contributed by atoms with van der Waals surface area (Å²) in [5.41, 5.74) is 2.41. The molecule has 3 amide bonds. The lowest BCUT2D eigenvalue weighted by Gasteiger charge is -2.22. The lowest BCUT2D eigenvalue weighted by molar-refractivity contribution is -0.148. The second kappa shape index (κ2) is 6.92. The topological polar surface area (TPSA) is 84.0 Å². The smallest absolute Gasteiger partial charge is 0.326 e. The Hall–Kier alpha value is -3.48. The number of carbonyl (C=O) groups excluding carboxylic acids is 4. The zero-order valence-electron chi connectivity index (χ0n) is 15.3. The number of carbonyl (C=O) groups is 4. The van der Waals surface area contributed by atoms with Gasteiger partial charge >= 0.3 is 5.97 Å². The number of anilines is 1. The van der Waals surface area contributed by atoms with Crippen LogP contribution in [0.5, 0.6) is 0 Å². The van der Waals surface area contributed by atoms with Crippen molar-refractivity contribution >= 4 is 29.4 Å². The fourth-order valence-electron chi connectivity index (χ4n) is 3.71. The number of rotatable bonds is 4. The first kappa shape index (κ1) is 17.9. The fourth-order valence-corrected chi connectivity index (χ4v) is 3.71. The zero-order chi connectivity index (χ0) is 19.8. The zero-order valence-corrected chi connectivity index (χ0v) is 15.3. The van der Waals surface area contributed by atoms with E-state index in [0.29, 0.717) is 0 Å². The van der Waals surface area contributed by atoms with E-state index in [-0.39, 0.29) is 23.1 Å². The van der Waals surface area contributed by atoms with Crippen LogP contribution in [-0.2, 0) is 20.7 Å². The van der Waals surface area contributed by atoms with Crippen LogP contribution in [0.4, 0.5) is 5.69 Å². The van der Waals surface area contributed by atoms with Crippen molar-refractivity contribution in [3.05, 3.63) is 65.2 Å². The molecule has 0 N–H and O–H groups in total. The Labute approximate surface area is 161 Å². The number of para-hydroxylation sites is 1. The van der Waals surface area contributed by atoms with Crippen LogP contribution < -0.4 is 4.90 Å². The Morgan fingerprint density at radius 3 is 2.29 bits per heavy atom. The molecule has 0 radical (unpaired) electrons. The van der Waals surface area contributed by atoms with E-state index in [2.05, 4.69) is 0 Å². The first-order valence-electron chi connectivity index (χ1n) is 8.98. The van der Waals surface area contributed by atoms with E-state index in [9.17, 15) is 19.2 Å². The van der Waals surface area contributed by atoms with E-state index in [1.54, 1.807) is 17.0 Å². The standard InChI is InChI=1S/C21H18N2O5/c1-13-10-14-6-2-5-9-17(14)23(13)18(24)12-28-19(25)11-22-20(26)15-7-3-4-8-16(15)21(22)27/h2-9,13H,10-12H2,1H3/t13-/m1/s1. The molecule has 4 rings (SSSR count). The van der Waals surface area contributed by atoms with E-state index in [0.717, 1.165) is 22.6 Å². The van der Waals surface area contributed by atoms with Gasteiger partial charge in [-0.2, -0.15) is 0 Å². The molecule has 0 bridgehead atoms. The lowest BCUT2D eigenvalue weighted by Crippen LogP contribution is -2.40. The Kier molecular flexibility index (Phi) is 4.43. The first-order chi connectivity index (χ1) is 13.5. The van der Waals surface area contributed by atoms with Crippen LogP contribution in [0.15, 0.2) is 48.5 Å². The summed E-state index contributed by atoms with van der Waals surface area (Å²) in [4.78, 5) is 51.8. The van der Waals surface area contributed by atoms with Crippen molar-refractivity contribution in [1.82, 2.24) is 4.90 Å². The third-order valence-electron chi connectivity index (χ3n) is 5.00. The van der Waals surface area contributed by atoms with Gasteiger partial charge in [0.2, 0.25) is 0 Å². The van der Waals surface area contributed by atoms with E-state index in [1.165, 1.54) is 12.1 Å². The Morgan fingerprint density at radius 1 is 1.00 bits per heavy atom. The van der Waals surface area contributed by atoms with Crippen LogP contribution in [0.25, 0.3) is 0 Å². The number of amides is 3. The summed E-state index contributed by atoms with van der Waals surface area (Å²) in [5.74, 6) is -2.21. The number of nitrogens with zero attached hydrogens (tertiary/aromatic N) is 2. The van der Waals surface area contributed by atoms with Gasteiger partial charge in [0.1, 0.15) is 6.54 Å². The molecule has 2 aromatic rings. The van der Waals surface area contributed by atoms with Gasteiger partial charge in [0, 0.05) is 11.7 Å². The van der Waals surface area contributed by atoms with Crippen LogP contribution in [-0.4, -0.2) is 47.8 Å². The molecule has 2 aliphatic rings. The number of benzene rings is 2. The minimum absolute atomic E-state index is 0.0279. The maximum Gasteiger partial charge on any atom is 0.326 e. The third kappa shape index (κ3) is 2.94. The summed E-state index contributed by atoms with van der Waals surface area (Å²) >= 11 is 0. The molecule has 0 aromatic heterocycles. The fraction of sp³-hybridized carbons (Fsp3) is 0.238. The number of ether oxygens (including phenoxy) is 1. The first-order valence-corrected chi connectivity index (χ1v) is 8.98. The Morgan fingerprint density at radius 2 is 1.61 bits per heavy atom. The largest absolute Gasteiger partial charge is 0.454 e. The molecule has 0 fully saturated rings. The van der Waals surface area contributed by atoms with Crippen molar-refractivity contribution in [3.63, 3.8) is 0 Å². The highest BCUT2D eigenvalue weighted by Crippen LogP contribution is 2.31. The van der Waals surface area contributed by atoms with Crippen LogP contribution in [0, 0.1) is 0 Å². The quantitative estimate of drug-likeness (QED) is 0.598. The highest BCUT2D eigenvalue weighted by atomic mass is 16.5. The van der Waals surface area contributed by atoms with E-state index in [1.807, 2.05) is 31.2 Å². The summed E-state index contributed by atoms with van der Waals surface area (Å²) in [6.07, 6.45) is 0.741. The van der Waals surface area contributed by atoms with Crippen molar-refractivity contribution in [1.29, 1.82) is 0 Å². The van der Waals surface area contributed by atoms with Gasteiger partial charge in [-0.3, -0.25) is 24.1 Å². The highest BCUT2D eigenvalue weighted by Gasteiger charge is 2.37. The van der Waals surface area contributed by atoms with Gasteiger partial charge in [-0.05, 0) is 37.1 Å². The van der Waals surface area contributed by atoms with Gasteiger partial charge in [-0.1, -0.05) is 30.3 Å². The summed E-state index contributed by atoms with van der Waals surface area (Å²) in [6, 6.07) is 13.9. The number of imide groups is 1. The normalized spacial score (nSPS) is 17.5. The van der Waals surface area contributed by atoms with Gasteiger partial charge in [0.15, 0.2) is 6.61 Å². The average molecular weight is 378 g/mol. The van der Waals surface area contributed by atoms with Crippen LogP contribution >= 0.6 is 0 Å². The maximum atomic E-state index is 12.6. The number of hydrogen-bond acceptors (Lipinski definition) is 5. The molecule has 28 heavy (non-hydrogen) atoms. The minimum Gasteiger partial charge on any atom is -0.454 e. The van der Waals surface area contributed by atoms with Crippen molar-refractivity contribution in [3.8, 4) is 0 Å². The molecule has 142 valence electrons. The molecule has 1 atom stereocenters. The highest BCUT2D eigenvalue weighted by molar-refractivity contribution is 6.22. The molecule has 7 heteroatoms. The molecular weight excluding hydrogens is 360 g/mol. The average Bonchev–Trinajstić information content (AvgIpc) is 3.15. The molecule has 0 aliphatic carbocycles. The number of esters is 1. The van der Waals surface area contributed by atoms with Gasteiger partial charge < -0.3 is 9.64 Å². The number of hydrogen-bond donors (Lipinski definition) is 0. The van der Waals surface area contributed by atoms with Crippen LogP contribution in [0.3, 0.4) is 0 Å². The molecular formula is C21H18N2O5. The van der Waals surface area contributed by atoms with Gasteiger partial charge in [0.25, 0.3) is 17.7 Å². The second-order valence-electron chi connectivity index (χ2n) is 6.85. The summed E-state index contributed by atoms with van der Waals surface area (Å²) in [7, 11) is 0. The van der Waals surface area contributed by atoms with E-state index in [4.69, 9.17) is 4.74 Å². The van der Waals surface area contributed by atoms with Crippen LogP contribution in [0.2, 0.25) is 0 Å². The second-order valence-corrected chi connectivity index (χ2v) is 6.85. The lowest BCUT2D eigenvalue weighted by atomic mass is 10.1. The van der Waals surface area contributed by atoms with Gasteiger partial charge in [0.05, 0.1) is 11.1 Å². The number of fused-ring (bicyclic) bond motifs is 2. The maximum absolute atomic E-state index is 12.6. The molecule has 7 nitrogen and oxygen atoms in total. The van der Waals surface area contributed by atoms with E-state index >= 15 is 0 Å². The molecule has 2 heterocycles. The predicted molar refractivity (Wildman–Crippen MR) is 99.9 cm³/mol. The van der Waals surface area contributed by atoms with Gasteiger partial charge in [-0.15, -0.1) is 0 Å². The van der Waals surface area contributed by atoms with Gasteiger partial charge in [-0.25, -0.2) is 0 Å². The molecule has 2 aromatic carbocycles. The summed E-state index contributed by atoms with van der Waals surface area (Å²) in [6.45, 7) is 0.963. The minimum atomic E-state index is -0.803. The monoisotopic (exact) mass is 378 g/mol. The van der Waals surface area contributed by atoms with Crippen molar-refractivity contribution < 1.29 is 23.9 Å². The van der Waals surface area contributed by atoms with E-state index < -0.39 is 30.9 Å². The Bertz CT molecular complexity index is 965.